The lowest BCUT2D eigenvalue weighted by atomic mass is 10.2. The average Bonchev–Trinajstić information content (AvgIpc) is 2.20. The number of nitriles is 1. The van der Waals surface area contributed by atoms with E-state index in [-0.39, 0.29) is 22.1 Å². The molecule has 0 fully saturated rings. The summed E-state index contributed by atoms with van der Waals surface area (Å²) >= 11 is 5.57. The molecule has 0 spiro atoms. The molecule has 0 saturated carbocycles. The Morgan fingerprint density at radius 2 is 2.07 bits per heavy atom. The number of rotatable bonds is 2. The van der Waals surface area contributed by atoms with Gasteiger partial charge in [0.15, 0.2) is 11.5 Å². The first kappa shape index (κ1) is 10.6. The summed E-state index contributed by atoms with van der Waals surface area (Å²) in [5, 5.41) is 8.48. The normalized spacial score (nSPS) is 9.36. The average molecular weight is 216 g/mol. The zero-order valence-corrected chi connectivity index (χ0v) is 8.35. The highest BCUT2D eigenvalue weighted by Crippen LogP contribution is 2.37. The van der Waals surface area contributed by atoms with E-state index >= 15 is 0 Å². The second kappa shape index (κ2) is 4.16. The van der Waals surface area contributed by atoms with Crippen molar-refractivity contribution in [3.05, 3.63) is 22.5 Å². The van der Waals surface area contributed by atoms with Gasteiger partial charge in [-0.25, -0.2) is 4.39 Å². The fourth-order valence-electron chi connectivity index (χ4n) is 1.04. The van der Waals surface area contributed by atoms with Crippen molar-refractivity contribution >= 4 is 11.6 Å². The van der Waals surface area contributed by atoms with E-state index in [1.807, 2.05) is 0 Å². The smallest absolute Gasteiger partial charge is 0.180 e. The molecule has 14 heavy (non-hydrogen) atoms. The number of methoxy groups -OCH3 is 2. The van der Waals surface area contributed by atoms with E-state index in [1.54, 1.807) is 6.07 Å². The highest BCUT2D eigenvalue weighted by atomic mass is 35.5. The minimum Gasteiger partial charge on any atom is -0.493 e. The molecule has 0 aliphatic rings. The van der Waals surface area contributed by atoms with Crippen LogP contribution in [0.15, 0.2) is 6.07 Å². The van der Waals surface area contributed by atoms with Gasteiger partial charge < -0.3 is 9.47 Å². The number of nitrogens with zero attached hydrogens (tertiary/aromatic N) is 1. The molecule has 0 aliphatic heterocycles. The number of hydrogen-bond acceptors (Lipinski definition) is 3. The lowest BCUT2D eigenvalue weighted by Crippen LogP contribution is -1.96. The van der Waals surface area contributed by atoms with E-state index in [0.717, 1.165) is 6.07 Å². The van der Waals surface area contributed by atoms with Crippen LogP contribution in [0.3, 0.4) is 0 Å². The fourth-order valence-corrected chi connectivity index (χ4v) is 1.22. The Labute approximate surface area is 85.6 Å². The summed E-state index contributed by atoms with van der Waals surface area (Å²) in [6.07, 6.45) is 0. The molecular weight excluding hydrogens is 209 g/mol. The predicted octanol–water partition coefficient (Wildman–Crippen LogP) is 2.37. The number of hydrogen-bond donors (Lipinski definition) is 0. The lowest BCUT2D eigenvalue weighted by molar-refractivity contribution is 0.351. The summed E-state index contributed by atoms with van der Waals surface area (Å²) in [7, 11) is 2.71. The van der Waals surface area contributed by atoms with Crippen LogP contribution in [0.5, 0.6) is 11.5 Å². The highest BCUT2D eigenvalue weighted by Gasteiger charge is 2.18. The van der Waals surface area contributed by atoms with E-state index in [0.29, 0.717) is 0 Å². The molecule has 5 heteroatoms. The number of benzene rings is 1. The second-order valence-electron chi connectivity index (χ2n) is 2.39. The van der Waals surface area contributed by atoms with Gasteiger partial charge >= 0.3 is 0 Å². The number of ether oxygens (including phenoxy) is 2. The summed E-state index contributed by atoms with van der Waals surface area (Å²) in [4.78, 5) is 0. The van der Waals surface area contributed by atoms with Crippen LogP contribution in [0.2, 0.25) is 5.02 Å². The van der Waals surface area contributed by atoms with Crippen LogP contribution in [0, 0.1) is 17.1 Å². The Bertz CT molecular complexity index is 401. The SMILES string of the molecule is COc1cc(F)c(Cl)c(C#N)c1OC. The molecular formula is C9H7ClFNO2. The molecule has 1 rings (SSSR count). The van der Waals surface area contributed by atoms with Crippen molar-refractivity contribution in [3.8, 4) is 17.6 Å². The van der Waals surface area contributed by atoms with Crippen molar-refractivity contribution in [1.29, 1.82) is 5.26 Å². The van der Waals surface area contributed by atoms with Gasteiger partial charge in [0.1, 0.15) is 17.4 Å². The molecule has 1 aromatic carbocycles. The third-order valence-corrected chi connectivity index (χ3v) is 2.04. The van der Waals surface area contributed by atoms with Gasteiger partial charge in [-0.05, 0) is 0 Å². The summed E-state index contributed by atoms with van der Waals surface area (Å²) in [6.45, 7) is 0. The third-order valence-electron chi connectivity index (χ3n) is 1.67. The van der Waals surface area contributed by atoms with Crippen LogP contribution in [-0.4, -0.2) is 14.2 Å². The molecule has 0 N–H and O–H groups in total. The maximum absolute atomic E-state index is 13.1. The molecule has 3 nitrogen and oxygen atoms in total. The van der Waals surface area contributed by atoms with E-state index < -0.39 is 5.82 Å². The first-order valence-electron chi connectivity index (χ1n) is 3.65. The second-order valence-corrected chi connectivity index (χ2v) is 2.77. The standard InChI is InChI=1S/C9H7ClFNO2/c1-13-7-3-6(11)8(10)5(4-12)9(7)14-2/h3H,1-2H3. The lowest BCUT2D eigenvalue weighted by Gasteiger charge is -2.10. The molecule has 0 unspecified atom stereocenters. The zero-order valence-electron chi connectivity index (χ0n) is 7.60. The highest BCUT2D eigenvalue weighted by molar-refractivity contribution is 6.32. The first-order valence-corrected chi connectivity index (χ1v) is 4.03. The maximum atomic E-state index is 13.1. The van der Waals surface area contributed by atoms with E-state index in [9.17, 15) is 4.39 Å². The van der Waals surface area contributed by atoms with Crippen LogP contribution in [0.4, 0.5) is 4.39 Å². The van der Waals surface area contributed by atoms with Gasteiger partial charge in [0.2, 0.25) is 0 Å². The molecule has 0 aliphatic carbocycles. The molecule has 0 heterocycles. The van der Waals surface area contributed by atoms with Crippen LogP contribution < -0.4 is 9.47 Å². The number of halogens is 2. The van der Waals surface area contributed by atoms with Gasteiger partial charge in [-0.3, -0.25) is 0 Å². The van der Waals surface area contributed by atoms with Crippen molar-refractivity contribution in [2.45, 2.75) is 0 Å². The Morgan fingerprint density at radius 3 is 2.50 bits per heavy atom. The Kier molecular flexibility index (Phi) is 3.15. The van der Waals surface area contributed by atoms with E-state index in [2.05, 4.69) is 0 Å². The third kappa shape index (κ3) is 1.59. The summed E-state index contributed by atoms with van der Waals surface area (Å²) < 4.78 is 22.8. The predicted molar refractivity (Wildman–Crippen MR) is 49.2 cm³/mol. The molecule has 0 amide bonds. The van der Waals surface area contributed by atoms with Crippen molar-refractivity contribution < 1.29 is 13.9 Å². The maximum Gasteiger partial charge on any atom is 0.180 e. The minimum atomic E-state index is -0.708. The van der Waals surface area contributed by atoms with Gasteiger partial charge in [-0.2, -0.15) is 5.26 Å². The molecule has 0 bridgehead atoms. The summed E-state index contributed by atoms with van der Waals surface area (Å²) in [5.74, 6) is -0.423. The first-order chi connectivity index (χ1) is 6.65. The molecule has 0 atom stereocenters. The molecule has 0 saturated heterocycles. The van der Waals surface area contributed by atoms with Gasteiger partial charge in [0, 0.05) is 6.07 Å². The van der Waals surface area contributed by atoms with E-state index in [1.165, 1.54) is 14.2 Å². The van der Waals surface area contributed by atoms with Crippen molar-refractivity contribution in [2.24, 2.45) is 0 Å². The Hall–Kier alpha value is -1.47. The van der Waals surface area contributed by atoms with Gasteiger partial charge in [-0.15, -0.1) is 0 Å². The molecule has 0 aromatic heterocycles. The monoisotopic (exact) mass is 215 g/mol. The zero-order chi connectivity index (χ0) is 10.7. The minimum absolute atomic E-state index is 0.0639. The molecule has 0 radical (unpaired) electrons. The van der Waals surface area contributed by atoms with Crippen molar-refractivity contribution in [3.63, 3.8) is 0 Å². The van der Waals surface area contributed by atoms with Crippen LogP contribution >= 0.6 is 11.6 Å². The summed E-state index contributed by atoms with van der Waals surface area (Å²) in [6, 6.07) is 2.82. The van der Waals surface area contributed by atoms with Crippen molar-refractivity contribution in [2.75, 3.05) is 14.2 Å². The van der Waals surface area contributed by atoms with Gasteiger partial charge in [-0.1, -0.05) is 11.6 Å². The quantitative estimate of drug-likeness (QED) is 0.761. The summed E-state index contributed by atoms with van der Waals surface area (Å²) in [5.41, 5.74) is -0.0639. The largest absolute Gasteiger partial charge is 0.493 e. The van der Waals surface area contributed by atoms with Crippen molar-refractivity contribution in [1.82, 2.24) is 0 Å². The van der Waals surface area contributed by atoms with Crippen LogP contribution in [0.25, 0.3) is 0 Å². The Balaban J connectivity index is 3.52. The fraction of sp³-hybridized carbons (Fsp3) is 0.222. The van der Waals surface area contributed by atoms with Crippen LogP contribution in [-0.2, 0) is 0 Å². The van der Waals surface area contributed by atoms with Gasteiger partial charge in [0.25, 0.3) is 0 Å². The van der Waals surface area contributed by atoms with E-state index in [4.69, 9.17) is 26.3 Å². The molecule has 1 aromatic rings. The van der Waals surface area contributed by atoms with Gasteiger partial charge in [0.05, 0.1) is 19.2 Å². The topological polar surface area (TPSA) is 42.2 Å². The van der Waals surface area contributed by atoms with Crippen LogP contribution in [0.1, 0.15) is 5.56 Å². The Morgan fingerprint density at radius 1 is 1.43 bits per heavy atom. The molecule has 74 valence electrons.